The second kappa shape index (κ2) is 11.1. The van der Waals surface area contributed by atoms with Crippen molar-refractivity contribution in [3.05, 3.63) is 24.0 Å². The van der Waals surface area contributed by atoms with Crippen molar-refractivity contribution in [2.45, 2.75) is 38.9 Å². The Labute approximate surface area is 186 Å². The normalized spacial score (nSPS) is 11.4. The van der Waals surface area contributed by atoms with Crippen LogP contribution in [0.4, 0.5) is 10.6 Å². The predicted octanol–water partition coefficient (Wildman–Crippen LogP) is 3.65. The van der Waals surface area contributed by atoms with Gasteiger partial charge in [-0.05, 0) is 31.9 Å². The Morgan fingerprint density at radius 2 is 2.00 bits per heavy atom. The van der Waals surface area contributed by atoms with Gasteiger partial charge in [0.15, 0.2) is 5.82 Å². The Balaban J connectivity index is 1.65. The maximum absolute atomic E-state index is 11.7. The Morgan fingerprint density at radius 3 is 2.77 bits per heavy atom. The lowest BCUT2D eigenvalue weighted by Crippen LogP contribution is -2.21. The molecular weight excluding hydrogens is 416 g/mol. The maximum atomic E-state index is 11.7. The zero-order valence-electron chi connectivity index (χ0n) is 18.5. The second-order valence-corrected chi connectivity index (χ2v) is 8.92. The number of nitrogens with zero attached hydrogens (tertiary/aromatic N) is 4. The number of carbonyl (C=O) groups excluding carboxylic acids is 1. The molecule has 9 nitrogen and oxygen atoms in total. The molecule has 0 atom stereocenters. The number of nitrogens with one attached hydrogen (secondary N) is 2. The number of aryl methyl sites for hydroxylation is 1. The van der Waals surface area contributed by atoms with Gasteiger partial charge in [0.2, 0.25) is 5.65 Å². The fourth-order valence-electron chi connectivity index (χ4n) is 3.11. The van der Waals surface area contributed by atoms with E-state index in [0.717, 1.165) is 42.0 Å². The van der Waals surface area contributed by atoms with E-state index in [1.54, 1.807) is 7.11 Å². The third-order valence-electron chi connectivity index (χ3n) is 4.52. The van der Waals surface area contributed by atoms with Crippen LogP contribution in [0.15, 0.2) is 18.2 Å². The summed E-state index contributed by atoms with van der Waals surface area (Å²) < 4.78 is 12.8. The van der Waals surface area contributed by atoms with E-state index in [0.29, 0.717) is 36.5 Å². The molecule has 0 aliphatic heterocycles. The van der Waals surface area contributed by atoms with Crippen LogP contribution < -0.4 is 15.4 Å². The number of rotatable bonds is 11. The maximum Gasteiger partial charge on any atom is 0.279 e. The highest BCUT2D eigenvalue weighted by molar-refractivity contribution is 8.14. The van der Waals surface area contributed by atoms with E-state index >= 15 is 0 Å². The number of methoxy groups -OCH3 is 1. The molecular formula is C21H30N6O3S. The minimum Gasteiger partial charge on any atom is -0.491 e. The van der Waals surface area contributed by atoms with Gasteiger partial charge in [0.1, 0.15) is 18.2 Å². The number of thioether (sulfide) groups is 1. The molecule has 10 heteroatoms. The molecule has 0 unspecified atom stereocenters. The Morgan fingerprint density at radius 1 is 1.19 bits per heavy atom. The molecule has 1 aromatic carbocycles. The van der Waals surface area contributed by atoms with E-state index < -0.39 is 0 Å². The summed E-state index contributed by atoms with van der Waals surface area (Å²) in [4.78, 5) is 16.4. The first-order valence-corrected chi connectivity index (χ1v) is 11.3. The van der Waals surface area contributed by atoms with Crippen molar-refractivity contribution in [3.63, 3.8) is 0 Å². The van der Waals surface area contributed by atoms with Crippen LogP contribution in [-0.2, 0) is 4.74 Å². The summed E-state index contributed by atoms with van der Waals surface area (Å²) >= 11 is 1.32. The van der Waals surface area contributed by atoms with Crippen LogP contribution >= 0.6 is 11.8 Å². The topological polar surface area (TPSA) is 103 Å². The van der Waals surface area contributed by atoms with Crippen LogP contribution in [0.3, 0.4) is 0 Å². The lowest BCUT2D eigenvalue weighted by Gasteiger charge is -2.11. The quantitative estimate of drug-likeness (QED) is 0.430. The van der Waals surface area contributed by atoms with Gasteiger partial charge in [-0.1, -0.05) is 25.6 Å². The van der Waals surface area contributed by atoms with Gasteiger partial charge in [-0.15, -0.1) is 10.2 Å². The van der Waals surface area contributed by atoms with Gasteiger partial charge in [0.05, 0.1) is 17.6 Å². The molecule has 31 heavy (non-hydrogen) atoms. The Kier molecular flexibility index (Phi) is 8.30. The lowest BCUT2D eigenvalue weighted by atomic mass is 10.2. The summed E-state index contributed by atoms with van der Waals surface area (Å²) in [6.07, 6.45) is 1.77. The van der Waals surface area contributed by atoms with Crippen molar-refractivity contribution in [3.8, 4) is 5.75 Å². The molecule has 0 aliphatic rings. The molecule has 0 aliphatic carbocycles. The fourth-order valence-corrected chi connectivity index (χ4v) is 3.72. The number of anilines is 1. The van der Waals surface area contributed by atoms with Gasteiger partial charge in [-0.3, -0.25) is 9.20 Å². The molecule has 3 rings (SSSR count). The van der Waals surface area contributed by atoms with Gasteiger partial charge in [-0.25, -0.2) is 4.98 Å². The fraction of sp³-hybridized carbons (Fsp3) is 0.524. The number of amides is 1. The Hall–Kier alpha value is -2.59. The number of ether oxygens (including phenoxy) is 2. The number of hydrogen-bond acceptors (Lipinski definition) is 8. The summed E-state index contributed by atoms with van der Waals surface area (Å²) in [6.45, 7) is 8.32. The van der Waals surface area contributed by atoms with Crippen molar-refractivity contribution in [2.24, 2.45) is 0 Å². The summed E-state index contributed by atoms with van der Waals surface area (Å²) in [6, 6.07) is 5.80. The molecule has 168 valence electrons. The number of fused-ring (bicyclic) bond motifs is 3. The van der Waals surface area contributed by atoms with Gasteiger partial charge in [0.25, 0.3) is 5.24 Å². The van der Waals surface area contributed by atoms with E-state index in [-0.39, 0.29) is 5.24 Å². The largest absolute Gasteiger partial charge is 0.491 e. The molecule has 0 spiro atoms. The van der Waals surface area contributed by atoms with Gasteiger partial charge >= 0.3 is 0 Å². The number of benzene rings is 1. The molecule has 3 aromatic rings. The summed E-state index contributed by atoms with van der Waals surface area (Å²) in [5.74, 6) is 2.22. The first-order valence-electron chi connectivity index (χ1n) is 10.4. The number of hydrogen-bond donors (Lipinski definition) is 2. The van der Waals surface area contributed by atoms with Crippen molar-refractivity contribution in [2.75, 3.05) is 38.7 Å². The average molecular weight is 447 g/mol. The van der Waals surface area contributed by atoms with Crippen LogP contribution in [0.25, 0.3) is 16.7 Å². The SMILES string of the molecule is COCCOc1ccc2c(c1)nc(NCCCCNC(=O)SC(C)C)c1nnc(C)n12. The molecule has 0 saturated carbocycles. The first-order chi connectivity index (χ1) is 15.0. The molecule has 2 aromatic heterocycles. The highest BCUT2D eigenvalue weighted by Gasteiger charge is 2.13. The van der Waals surface area contributed by atoms with Gasteiger partial charge in [-0.2, -0.15) is 0 Å². The number of carbonyl (C=O) groups is 1. The van der Waals surface area contributed by atoms with Crippen LogP contribution in [0.1, 0.15) is 32.5 Å². The first kappa shape index (κ1) is 23.1. The third kappa shape index (κ3) is 6.20. The molecule has 1 amide bonds. The van der Waals surface area contributed by atoms with E-state index in [4.69, 9.17) is 14.5 Å². The van der Waals surface area contributed by atoms with Crippen molar-refractivity contribution in [1.29, 1.82) is 0 Å². The van der Waals surface area contributed by atoms with Gasteiger partial charge < -0.3 is 20.1 Å². The van der Waals surface area contributed by atoms with Crippen molar-refractivity contribution >= 4 is 39.5 Å². The van der Waals surface area contributed by atoms with Gasteiger partial charge in [0, 0.05) is 31.5 Å². The molecule has 0 bridgehead atoms. The van der Waals surface area contributed by atoms with Crippen LogP contribution in [-0.4, -0.2) is 63.5 Å². The second-order valence-electron chi connectivity index (χ2n) is 7.37. The number of unbranched alkanes of at least 4 members (excludes halogenated alkanes) is 1. The average Bonchev–Trinajstić information content (AvgIpc) is 3.12. The standard InChI is InChI=1S/C21H30N6O3S/c1-14(2)31-21(28)23-10-6-5-9-22-19-20-26-25-15(3)27(20)18-8-7-16(13-17(18)24-19)30-12-11-29-4/h7-8,13-14H,5-6,9-12H2,1-4H3,(H,22,24)(H,23,28). The molecule has 0 saturated heterocycles. The molecule has 2 heterocycles. The lowest BCUT2D eigenvalue weighted by molar-refractivity contribution is 0.146. The van der Waals surface area contributed by atoms with Crippen molar-refractivity contribution in [1.82, 2.24) is 24.9 Å². The van der Waals surface area contributed by atoms with Crippen LogP contribution in [0, 0.1) is 6.92 Å². The van der Waals surface area contributed by atoms with Crippen LogP contribution in [0.2, 0.25) is 0 Å². The third-order valence-corrected chi connectivity index (χ3v) is 5.35. The minimum atomic E-state index is 0.0309. The predicted molar refractivity (Wildman–Crippen MR) is 124 cm³/mol. The smallest absolute Gasteiger partial charge is 0.279 e. The monoisotopic (exact) mass is 446 g/mol. The summed E-state index contributed by atoms with van der Waals surface area (Å²) in [7, 11) is 1.65. The molecule has 0 fully saturated rings. The number of aromatic nitrogens is 4. The molecule has 2 N–H and O–H groups in total. The highest BCUT2D eigenvalue weighted by atomic mass is 32.2. The zero-order valence-corrected chi connectivity index (χ0v) is 19.3. The van der Waals surface area contributed by atoms with Crippen molar-refractivity contribution < 1.29 is 14.3 Å². The highest BCUT2D eigenvalue weighted by Crippen LogP contribution is 2.25. The summed E-state index contributed by atoms with van der Waals surface area (Å²) in [5.41, 5.74) is 2.41. The van der Waals surface area contributed by atoms with E-state index in [9.17, 15) is 4.79 Å². The molecule has 0 radical (unpaired) electrons. The van der Waals surface area contributed by atoms with E-state index in [1.807, 2.05) is 43.4 Å². The zero-order chi connectivity index (χ0) is 22.2. The Bertz CT molecular complexity index is 1020. The van der Waals surface area contributed by atoms with E-state index in [2.05, 4.69) is 20.8 Å². The van der Waals surface area contributed by atoms with Crippen LogP contribution in [0.5, 0.6) is 5.75 Å². The summed E-state index contributed by atoms with van der Waals surface area (Å²) in [5, 5.41) is 15.1. The van der Waals surface area contributed by atoms with E-state index in [1.165, 1.54) is 11.8 Å². The minimum absolute atomic E-state index is 0.0309.